The van der Waals surface area contributed by atoms with Gasteiger partial charge in [0.15, 0.2) is 0 Å². The molecule has 0 aromatic rings. The van der Waals surface area contributed by atoms with Crippen LogP contribution in [0.4, 0.5) is 0 Å². The summed E-state index contributed by atoms with van der Waals surface area (Å²) < 4.78 is 0. The second kappa shape index (κ2) is 16.7. The van der Waals surface area contributed by atoms with E-state index in [-0.39, 0.29) is 0 Å². The van der Waals surface area contributed by atoms with Gasteiger partial charge in [-0.25, -0.2) is 0 Å². The Balaban J connectivity index is 5.59. The molecule has 0 bridgehead atoms. The average Bonchev–Trinajstić information content (AvgIpc) is 2.94. The Morgan fingerprint density at radius 3 is 0.800 bits per heavy atom. The van der Waals surface area contributed by atoms with Gasteiger partial charge >= 0.3 is 0 Å². The predicted octanol–water partition coefficient (Wildman–Crippen LogP) is 13.3. The highest BCUT2D eigenvalue weighted by atomic mass is 14.5. The van der Waals surface area contributed by atoms with Crippen molar-refractivity contribution in [3.05, 3.63) is 0 Å². The largest absolute Gasteiger partial charge is 0.0651 e. The van der Waals surface area contributed by atoms with Gasteiger partial charge in [0, 0.05) is 0 Å². The first-order chi connectivity index (χ1) is 18.1. The molecule has 0 N–H and O–H groups in total. The minimum Gasteiger partial charge on any atom is -0.0651 e. The smallest absolute Gasteiger partial charge is 0.0298 e. The fourth-order valence-electron chi connectivity index (χ4n) is 8.49. The molecule has 0 radical (unpaired) electrons. The summed E-state index contributed by atoms with van der Waals surface area (Å²) in [7, 11) is 0. The van der Waals surface area contributed by atoms with Crippen LogP contribution in [0.1, 0.15) is 152 Å². The molecule has 0 heterocycles. The molecule has 0 aliphatic heterocycles. The van der Waals surface area contributed by atoms with Crippen LogP contribution in [0.25, 0.3) is 0 Å². The molecule has 0 fully saturated rings. The van der Waals surface area contributed by atoms with Crippen LogP contribution in [0.3, 0.4) is 0 Å². The highest BCUT2D eigenvalue weighted by molar-refractivity contribution is 4.91. The van der Waals surface area contributed by atoms with Gasteiger partial charge in [-0.2, -0.15) is 0 Å². The van der Waals surface area contributed by atoms with Crippen molar-refractivity contribution in [2.45, 2.75) is 152 Å². The zero-order chi connectivity index (χ0) is 32.0. The molecule has 0 aromatic carbocycles. The normalized spacial score (nSPS) is 25.4. The monoisotopic (exact) mass is 563 g/mol. The molecular weight excluding hydrogens is 480 g/mol. The quantitative estimate of drug-likeness (QED) is 0.156. The Labute approximate surface area is 257 Å². The average molecular weight is 563 g/mol. The summed E-state index contributed by atoms with van der Waals surface area (Å²) in [5.74, 6) is 12.8. The van der Waals surface area contributed by atoms with Crippen LogP contribution in [0.2, 0.25) is 0 Å². The molecule has 0 amide bonds. The molecule has 0 aliphatic rings. The molecule has 0 nitrogen and oxygen atoms in total. The van der Waals surface area contributed by atoms with E-state index < -0.39 is 0 Å². The van der Waals surface area contributed by atoms with Crippen LogP contribution in [0.15, 0.2) is 0 Å². The topological polar surface area (TPSA) is 0 Å². The zero-order valence-corrected chi connectivity index (χ0v) is 32.0. The Hall–Kier alpha value is 0. The van der Waals surface area contributed by atoms with E-state index in [0.717, 1.165) is 88.8 Å². The lowest BCUT2D eigenvalue weighted by molar-refractivity contribution is -0.00104. The summed E-state index contributed by atoms with van der Waals surface area (Å²) in [6, 6.07) is 0. The molecular formula is C40H82. The van der Waals surface area contributed by atoms with Gasteiger partial charge in [0.2, 0.25) is 0 Å². The van der Waals surface area contributed by atoms with Gasteiger partial charge in [-0.3, -0.25) is 0 Å². The fourth-order valence-corrected chi connectivity index (χ4v) is 8.49. The van der Waals surface area contributed by atoms with Crippen molar-refractivity contribution < 1.29 is 0 Å². The summed E-state index contributed by atoms with van der Waals surface area (Å²) in [5.41, 5.74) is 0.314. The SMILES string of the molecule is CCC(C)C(C)C(C)C(C)C(C)C(C)C(C)C(C)C(C)C(C)(C)C(C)C(C)C(C)C(C)C(C)C(C)C(C)C(C)C. The van der Waals surface area contributed by atoms with Gasteiger partial charge in [-0.1, -0.05) is 152 Å². The Morgan fingerprint density at radius 1 is 0.325 bits per heavy atom. The van der Waals surface area contributed by atoms with E-state index in [2.05, 4.69) is 145 Å². The summed E-state index contributed by atoms with van der Waals surface area (Å²) in [5, 5.41) is 0. The van der Waals surface area contributed by atoms with E-state index in [1.54, 1.807) is 0 Å². The zero-order valence-electron chi connectivity index (χ0n) is 32.0. The van der Waals surface area contributed by atoms with E-state index >= 15 is 0 Å². The van der Waals surface area contributed by atoms with Crippen molar-refractivity contribution in [2.75, 3.05) is 0 Å². The summed E-state index contributed by atoms with van der Waals surface area (Å²) >= 11 is 0. The first-order valence-electron chi connectivity index (χ1n) is 18.1. The molecule has 16 unspecified atom stereocenters. The highest BCUT2D eigenvalue weighted by Crippen LogP contribution is 2.49. The standard InChI is InChI=1S/C40H82/c1-22-24(4)26(6)28(8)30(10)31(11)33(13)35(15)37(17)39(19)40(20,21)38(18)36(16)34(14)32(12)29(9)27(7)25(5)23(2)3/h23-39H,22H2,1-21H3. The highest BCUT2D eigenvalue weighted by Gasteiger charge is 2.43. The molecule has 0 rings (SSSR count). The summed E-state index contributed by atoms with van der Waals surface area (Å²) in [6.45, 7) is 53.0. The predicted molar refractivity (Wildman–Crippen MR) is 186 cm³/mol. The van der Waals surface area contributed by atoms with Crippen LogP contribution < -0.4 is 0 Å². The van der Waals surface area contributed by atoms with E-state index in [1.165, 1.54) is 6.42 Å². The van der Waals surface area contributed by atoms with Crippen molar-refractivity contribution in [2.24, 2.45) is 106 Å². The third kappa shape index (κ3) is 9.50. The third-order valence-corrected chi connectivity index (χ3v) is 15.6. The molecule has 0 saturated carbocycles. The van der Waals surface area contributed by atoms with Gasteiger partial charge in [-0.15, -0.1) is 0 Å². The maximum absolute atomic E-state index is 2.60. The van der Waals surface area contributed by atoms with Crippen molar-refractivity contribution >= 4 is 0 Å². The first kappa shape index (κ1) is 40.0. The molecule has 0 spiro atoms. The van der Waals surface area contributed by atoms with E-state index in [1.807, 2.05) is 0 Å². The Morgan fingerprint density at radius 2 is 0.550 bits per heavy atom. The number of hydrogen-bond acceptors (Lipinski definition) is 0. The van der Waals surface area contributed by atoms with Gasteiger partial charge in [0.1, 0.15) is 0 Å². The van der Waals surface area contributed by atoms with Crippen LogP contribution in [-0.4, -0.2) is 0 Å². The van der Waals surface area contributed by atoms with Crippen LogP contribution in [-0.2, 0) is 0 Å². The van der Waals surface area contributed by atoms with Crippen LogP contribution >= 0.6 is 0 Å². The molecule has 0 aromatic heterocycles. The van der Waals surface area contributed by atoms with Crippen molar-refractivity contribution in [3.63, 3.8) is 0 Å². The third-order valence-electron chi connectivity index (χ3n) is 15.6. The van der Waals surface area contributed by atoms with Crippen LogP contribution in [0.5, 0.6) is 0 Å². The number of hydrogen-bond donors (Lipinski definition) is 0. The van der Waals surface area contributed by atoms with E-state index in [0.29, 0.717) is 17.3 Å². The Bertz CT molecular complexity index is 674. The molecule has 0 aliphatic carbocycles. The van der Waals surface area contributed by atoms with Crippen molar-refractivity contribution in [1.82, 2.24) is 0 Å². The molecule has 16 atom stereocenters. The molecule has 242 valence electrons. The van der Waals surface area contributed by atoms with E-state index in [9.17, 15) is 0 Å². The number of rotatable bonds is 18. The maximum atomic E-state index is 2.60. The van der Waals surface area contributed by atoms with Crippen LogP contribution in [0, 0.1) is 106 Å². The minimum atomic E-state index is 0.314. The lowest BCUT2D eigenvalue weighted by atomic mass is 9.57. The molecule has 40 heavy (non-hydrogen) atoms. The van der Waals surface area contributed by atoms with Gasteiger partial charge < -0.3 is 0 Å². The summed E-state index contributed by atoms with van der Waals surface area (Å²) in [4.78, 5) is 0. The second-order valence-electron chi connectivity index (χ2n) is 17.2. The first-order valence-corrected chi connectivity index (χ1v) is 18.1. The Kier molecular flexibility index (Phi) is 16.7. The van der Waals surface area contributed by atoms with Gasteiger partial charge in [0.05, 0.1) is 0 Å². The second-order valence-corrected chi connectivity index (χ2v) is 17.2. The van der Waals surface area contributed by atoms with Crippen molar-refractivity contribution in [3.8, 4) is 0 Å². The lowest BCUT2D eigenvalue weighted by Gasteiger charge is -2.49. The summed E-state index contributed by atoms with van der Waals surface area (Å²) in [6.07, 6.45) is 1.30. The maximum Gasteiger partial charge on any atom is -0.0298 e. The molecule has 0 heteroatoms. The minimum absolute atomic E-state index is 0.314. The van der Waals surface area contributed by atoms with Gasteiger partial charge in [-0.05, 0) is 106 Å². The molecule has 0 saturated heterocycles. The van der Waals surface area contributed by atoms with Gasteiger partial charge in [0.25, 0.3) is 0 Å². The van der Waals surface area contributed by atoms with E-state index in [4.69, 9.17) is 0 Å². The lowest BCUT2D eigenvalue weighted by Crippen LogP contribution is -2.42. The van der Waals surface area contributed by atoms with Crippen molar-refractivity contribution in [1.29, 1.82) is 0 Å². The fraction of sp³-hybridized carbons (Fsp3) is 1.00.